The quantitative estimate of drug-likeness (QED) is 0.276. The molecule has 0 aromatic carbocycles. The lowest BCUT2D eigenvalue weighted by molar-refractivity contribution is 1.02. The Morgan fingerprint density at radius 1 is 1.23 bits per heavy atom. The number of hydrazone groups is 2. The summed E-state index contributed by atoms with van der Waals surface area (Å²) in [5.41, 5.74) is 15.6. The monoisotopic (exact) mass is 218 g/mol. The average Bonchev–Trinajstić information content (AvgIpc) is 2.00. The van der Waals surface area contributed by atoms with Gasteiger partial charge in [-0.25, -0.2) is 0 Å². The third-order valence-corrected chi connectivity index (χ3v) is 0.951. The Morgan fingerprint density at radius 2 is 1.77 bits per heavy atom. The fourth-order valence-corrected chi connectivity index (χ4v) is 0.460. The SMILES string of the molecule is CC(/C=N/NC(N)=S)=N/NC(N)=S. The summed E-state index contributed by atoms with van der Waals surface area (Å²) in [7, 11) is 0. The zero-order valence-electron chi connectivity index (χ0n) is 6.94. The number of thiocarbonyl (C=S) groups is 2. The molecule has 0 radical (unpaired) electrons. The van der Waals surface area contributed by atoms with Crippen molar-refractivity contribution in [3.8, 4) is 0 Å². The van der Waals surface area contributed by atoms with Crippen molar-refractivity contribution in [2.45, 2.75) is 6.92 Å². The molecule has 0 aliphatic heterocycles. The minimum absolute atomic E-state index is 0.0892. The molecule has 0 saturated heterocycles. The smallest absolute Gasteiger partial charge is 0.184 e. The first-order valence-electron chi connectivity index (χ1n) is 3.20. The van der Waals surface area contributed by atoms with Crippen LogP contribution in [0.25, 0.3) is 0 Å². The number of nitrogens with two attached hydrogens (primary N) is 2. The van der Waals surface area contributed by atoms with Crippen LogP contribution in [-0.2, 0) is 0 Å². The van der Waals surface area contributed by atoms with Crippen molar-refractivity contribution in [3.05, 3.63) is 0 Å². The van der Waals surface area contributed by atoms with Gasteiger partial charge in [0.05, 0.1) is 11.9 Å². The molecule has 0 bridgehead atoms. The van der Waals surface area contributed by atoms with E-state index >= 15 is 0 Å². The molecule has 0 spiro atoms. The van der Waals surface area contributed by atoms with E-state index in [4.69, 9.17) is 11.5 Å². The second kappa shape index (κ2) is 6.26. The van der Waals surface area contributed by atoms with Crippen LogP contribution in [0.1, 0.15) is 6.92 Å². The topological polar surface area (TPSA) is 101 Å². The lowest BCUT2D eigenvalue weighted by atomic mass is 10.5. The molecule has 6 N–H and O–H groups in total. The van der Waals surface area contributed by atoms with Crippen molar-refractivity contribution in [1.82, 2.24) is 10.9 Å². The summed E-state index contributed by atoms with van der Waals surface area (Å²) >= 11 is 9.04. The van der Waals surface area contributed by atoms with Gasteiger partial charge < -0.3 is 11.5 Å². The molecule has 8 heteroatoms. The lowest BCUT2D eigenvalue weighted by Gasteiger charge is -1.96. The van der Waals surface area contributed by atoms with Gasteiger partial charge in [0.1, 0.15) is 0 Å². The third-order valence-electron chi connectivity index (χ3n) is 0.769. The fraction of sp³-hybridized carbons (Fsp3) is 0.200. The Balaban J connectivity index is 3.91. The standard InChI is InChI=1S/C5H10N6S2/c1-3(9-11-5(7)13)2-8-10-4(6)12/h2H,1H3,(H3,6,10,12)(H3,7,11,13)/b8-2+,9-3-. The van der Waals surface area contributed by atoms with Gasteiger partial charge in [0.25, 0.3) is 0 Å². The summed E-state index contributed by atoms with van der Waals surface area (Å²) in [6, 6.07) is 0. The van der Waals surface area contributed by atoms with Gasteiger partial charge in [-0.05, 0) is 31.4 Å². The zero-order valence-corrected chi connectivity index (χ0v) is 8.58. The van der Waals surface area contributed by atoms with E-state index in [1.54, 1.807) is 6.92 Å². The van der Waals surface area contributed by atoms with E-state index in [1.807, 2.05) is 0 Å². The number of rotatable bonds is 3. The van der Waals surface area contributed by atoms with E-state index in [0.29, 0.717) is 5.71 Å². The van der Waals surface area contributed by atoms with E-state index < -0.39 is 0 Å². The molecule has 0 atom stereocenters. The minimum Gasteiger partial charge on any atom is -0.375 e. The summed E-state index contributed by atoms with van der Waals surface area (Å²) < 4.78 is 0. The van der Waals surface area contributed by atoms with Crippen molar-refractivity contribution >= 4 is 46.6 Å². The Bertz CT molecular complexity index is 258. The summed E-state index contributed by atoms with van der Waals surface area (Å²) in [5, 5.41) is 7.58. The molecule has 6 nitrogen and oxygen atoms in total. The fourth-order valence-electron chi connectivity index (χ4n) is 0.361. The first-order valence-corrected chi connectivity index (χ1v) is 4.02. The number of hydrogen-bond donors (Lipinski definition) is 4. The predicted molar refractivity (Wildman–Crippen MR) is 61.4 cm³/mol. The Labute approximate surface area is 86.4 Å². The van der Waals surface area contributed by atoms with Gasteiger partial charge in [-0.15, -0.1) is 0 Å². The number of hydrogen-bond acceptors (Lipinski definition) is 4. The van der Waals surface area contributed by atoms with Crippen molar-refractivity contribution in [2.75, 3.05) is 0 Å². The van der Waals surface area contributed by atoms with Crippen molar-refractivity contribution in [1.29, 1.82) is 0 Å². The van der Waals surface area contributed by atoms with Crippen LogP contribution in [-0.4, -0.2) is 22.2 Å². The van der Waals surface area contributed by atoms with Crippen LogP contribution in [0.3, 0.4) is 0 Å². The molecule has 0 aliphatic rings. The molecule has 0 aromatic heterocycles. The molecule has 0 amide bonds. The average molecular weight is 218 g/mol. The highest BCUT2D eigenvalue weighted by molar-refractivity contribution is 7.80. The Morgan fingerprint density at radius 3 is 2.23 bits per heavy atom. The Hall–Kier alpha value is -1.28. The van der Waals surface area contributed by atoms with Crippen molar-refractivity contribution < 1.29 is 0 Å². The predicted octanol–water partition coefficient (Wildman–Crippen LogP) is -0.985. The molecule has 0 aliphatic carbocycles. The third kappa shape index (κ3) is 8.63. The highest BCUT2D eigenvalue weighted by Crippen LogP contribution is 1.70. The first-order chi connectivity index (χ1) is 6.02. The summed E-state index contributed by atoms with van der Waals surface area (Å²) in [4.78, 5) is 0. The summed E-state index contributed by atoms with van der Waals surface area (Å²) in [5.74, 6) is 0. The largest absolute Gasteiger partial charge is 0.375 e. The molecule has 0 heterocycles. The van der Waals surface area contributed by atoms with Crippen LogP contribution in [0.4, 0.5) is 0 Å². The first kappa shape index (κ1) is 11.7. The Kier molecular flexibility index (Phi) is 5.64. The van der Waals surface area contributed by atoms with Gasteiger partial charge >= 0.3 is 0 Å². The number of nitrogens with zero attached hydrogens (tertiary/aromatic N) is 2. The van der Waals surface area contributed by atoms with Crippen LogP contribution in [0.15, 0.2) is 10.2 Å². The highest BCUT2D eigenvalue weighted by atomic mass is 32.1. The maximum absolute atomic E-state index is 5.13. The van der Waals surface area contributed by atoms with Crippen LogP contribution >= 0.6 is 24.4 Å². The van der Waals surface area contributed by atoms with Crippen molar-refractivity contribution in [3.63, 3.8) is 0 Å². The molecule has 0 unspecified atom stereocenters. The zero-order chi connectivity index (χ0) is 10.3. The van der Waals surface area contributed by atoms with E-state index in [0.717, 1.165) is 0 Å². The lowest BCUT2D eigenvalue weighted by Crippen LogP contribution is -2.26. The molecule has 0 rings (SSSR count). The van der Waals surface area contributed by atoms with Crippen LogP contribution in [0.5, 0.6) is 0 Å². The maximum Gasteiger partial charge on any atom is 0.184 e. The van der Waals surface area contributed by atoms with Gasteiger partial charge in [-0.2, -0.15) is 10.2 Å². The molecular weight excluding hydrogens is 208 g/mol. The second-order valence-electron chi connectivity index (χ2n) is 1.96. The van der Waals surface area contributed by atoms with Gasteiger partial charge in [0, 0.05) is 0 Å². The van der Waals surface area contributed by atoms with Crippen LogP contribution < -0.4 is 22.3 Å². The molecule has 0 saturated carbocycles. The molecule has 13 heavy (non-hydrogen) atoms. The van der Waals surface area contributed by atoms with Gasteiger partial charge in [0.2, 0.25) is 0 Å². The molecule has 72 valence electrons. The number of nitrogens with one attached hydrogen (secondary N) is 2. The van der Waals surface area contributed by atoms with Gasteiger partial charge in [0.15, 0.2) is 10.2 Å². The highest BCUT2D eigenvalue weighted by Gasteiger charge is 1.85. The second-order valence-corrected chi connectivity index (χ2v) is 2.84. The van der Waals surface area contributed by atoms with E-state index in [-0.39, 0.29) is 10.2 Å². The van der Waals surface area contributed by atoms with Crippen LogP contribution in [0.2, 0.25) is 0 Å². The van der Waals surface area contributed by atoms with E-state index in [9.17, 15) is 0 Å². The van der Waals surface area contributed by atoms with E-state index in [2.05, 4.69) is 45.5 Å². The van der Waals surface area contributed by atoms with Gasteiger partial charge in [-0.1, -0.05) is 0 Å². The molecular formula is C5H10N6S2. The summed E-state index contributed by atoms with van der Waals surface area (Å²) in [6.07, 6.45) is 1.42. The maximum atomic E-state index is 5.13. The molecule has 0 fully saturated rings. The van der Waals surface area contributed by atoms with Crippen LogP contribution in [0, 0.1) is 0 Å². The normalized spacial score (nSPS) is 11.3. The molecule has 0 aromatic rings. The van der Waals surface area contributed by atoms with E-state index in [1.165, 1.54) is 6.21 Å². The minimum atomic E-state index is 0.0892. The summed E-state index contributed by atoms with van der Waals surface area (Å²) in [6.45, 7) is 1.70. The van der Waals surface area contributed by atoms with Crippen molar-refractivity contribution in [2.24, 2.45) is 21.7 Å². The van der Waals surface area contributed by atoms with Gasteiger partial charge in [-0.3, -0.25) is 10.9 Å².